The van der Waals surface area contributed by atoms with Crippen LogP contribution in [-0.2, 0) is 4.79 Å². The molecule has 0 aliphatic carbocycles. The highest BCUT2D eigenvalue weighted by Gasteiger charge is 2.23. The molecule has 1 N–H and O–H groups in total. The van der Waals surface area contributed by atoms with Crippen LogP contribution in [-0.4, -0.2) is 20.6 Å². The van der Waals surface area contributed by atoms with Crippen LogP contribution in [0.5, 0.6) is 5.75 Å². The molecule has 0 spiro atoms. The van der Waals surface area contributed by atoms with Gasteiger partial charge in [-0.15, -0.1) is 0 Å². The lowest BCUT2D eigenvalue weighted by atomic mass is 10.1. The average Bonchev–Trinajstić information content (AvgIpc) is 3.08. The van der Waals surface area contributed by atoms with E-state index >= 15 is 0 Å². The van der Waals surface area contributed by atoms with Crippen molar-refractivity contribution in [2.45, 2.75) is 6.10 Å². The van der Waals surface area contributed by atoms with Crippen molar-refractivity contribution < 1.29 is 14.6 Å². The topological polar surface area (TPSA) is 64.3 Å². The number of carbonyl (C=O) groups is 1. The molecular formula is C17H14N2O3. The molecule has 5 nitrogen and oxygen atoms in total. The Kier molecular flexibility index (Phi) is 3.87. The number of benzene rings is 1. The summed E-state index contributed by atoms with van der Waals surface area (Å²) in [5.74, 6) is -0.0851. The normalized spacial score (nSPS) is 11.8. The first-order chi connectivity index (χ1) is 10.8. The van der Waals surface area contributed by atoms with Gasteiger partial charge in [-0.2, -0.15) is 0 Å². The largest absolute Gasteiger partial charge is 0.478 e. The smallest absolute Gasteiger partial charge is 0.349 e. The summed E-state index contributed by atoms with van der Waals surface area (Å²) >= 11 is 0. The minimum atomic E-state index is -1.08. The fourth-order valence-electron chi connectivity index (χ4n) is 2.16. The van der Waals surface area contributed by atoms with Gasteiger partial charge in [-0.3, -0.25) is 0 Å². The summed E-state index contributed by atoms with van der Waals surface area (Å²) in [5.41, 5.74) is 0.581. The lowest BCUT2D eigenvalue weighted by Gasteiger charge is -2.17. The first kappa shape index (κ1) is 13.9. The Labute approximate surface area is 127 Å². The summed E-state index contributed by atoms with van der Waals surface area (Å²) in [6.07, 6.45) is 4.21. The van der Waals surface area contributed by atoms with Crippen LogP contribution in [0.3, 0.4) is 0 Å². The number of carboxylic acid groups (broad SMARTS) is 1. The van der Waals surface area contributed by atoms with Gasteiger partial charge < -0.3 is 14.4 Å². The van der Waals surface area contributed by atoms with E-state index in [2.05, 4.69) is 4.98 Å². The molecule has 0 saturated carbocycles. The highest BCUT2D eigenvalue weighted by Crippen LogP contribution is 2.26. The molecule has 2 heterocycles. The minimum Gasteiger partial charge on any atom is -0.478 e. The van der Waals surface area contributed by atoms with Crippen LogP contribution < -0.4 is 4.74 Å². The molecule has 0 aliphatic heterocycles. The molecule has 22 heavy (non-hydrogen) atoms. The average molecular weight is 294 g/mol. The predicted octanol–water partition coefficient (Wildman–Crippen LogP) is 3.08. The van der Waals surface area contributed by atoms with Crippen molar-refractivity contribution >= 4 is 5.97 Å². The quantitative estimate of drug-likeness (QED) is 0.785. The molecule has 0 aliphatic rings. The van der Waals surface area contributed by atoms with Crippen LogP contribution in [0.4, 0.5) is 0 Å². The molecule has 0 fully saturated rings. The fourth-order valence-corrected chi connectivity index (χ4v) is 2.16. The molecule has 2 aromatic heterocycles. The maximum atomic E-state index is 11.5. The zero-order chi connectivity index (χ0) is 15.4. The number of aliphatic carboxylic acids is 1. The van der Waals surface area contributed by atoms with Gasteiger partial charge in [0.05, 0.1) is 0 Å². The second-order valence-corrected chi connectivity index (χ2v) is 4.66. The van der Waals surface area contributed by atoms with Gasteiger partial charge in [0.25, 0.3) is 0 Å². The summed E-state index contributed by atoms with van der Waals surface area (Å²) in [6, 6.07) is 16.0. The van der Waals surface area contributed by atoms with Crippen LogP contribution in [0.25, 0.3) is 5.82 Å². The van der Waals surface area contributed by atoms with Crippen LogP contribution >= 0.6 is 0 Å². The Bertz CT molecular complexity index is 755. The van der Waals surface area contributed by atoms with Gasteiger partial charge in [-0.25, -0.2) is 9.78 Å². The van der Waals surface area contributed by atoms with E-state index in [0.717, 1.165) is 0 Å². The standard InChI is InChI=1S/C17H14N2O3/c20-17(21)15(13-7-2-1-3-8-13)22-14-9-6-10-18-16(14)19-11-4-5-12-19/h1-12,15H,(H,20,21). The van der Waals surface area contributed by atoms with Gasteiger partial charge in [0.1, 0.15) is 0 Å². The third-order valence-electron chi connectivity index (χ3n) is 3.17. The van der Waals surface area contributed by atoms with Gasteiger partial charge >= 0.3 is 5.97 Å². The van der Waals surface area contributed by atoms with Gasteiger partial charge in [-0.05, 0) is 24.3 Å². The highest BCUT2D eigenvalue weighted by atomic mass is 16.5. The Balaban J connectivity index is 1.96. The first-order valence-electron chi connectivity index (χ1n) is 6.78. The zero-order valence-electron chi connectivity index (χ0n) is 11.7. The van der Waals surface area contributed by atoms with Crippen molar-refractivity contribution in [2.24, 2.45) is 0 Å². The zero-order valence-corrected chi connectivity index (χ0v) is 11.7. The maximum absolute atomic E-state index is 11.5. The molecular weight excluding hydrogens is 280 g/mol. The first-order valence-corrected chi connectivity index (χ1v) is 6.78. The van der Waals surface area contributed by atoms with Gasteiger partial charge in [0.2, 0.25) is 6.10 Å². The lowest BCUT2D eigenvalue weighted by molar-refractivity contribution is -0.145. The van der Waals surface area contributed by atoms with Crippen molar-refractivity contribution in [1.29, 1.82) is 0 Å². The molecule has 3 aromatic rings. The Morgan fingerprint density at radius 1 is 1.05 bits per heavy atom. The number of hydrogen-bond donors (Lipinski definition) is 1. The number of nitrogens with zero attached hydrogens (tertiary/aromatic N) is 2. The fraction of sp³-hybridized carbons (Fsp3) is 0.0588. The van der Waals surface area contributed by atoms with E-state index in [4.69, 9.17) is 4.74 Å². The number of pyridine rings is 1. The molecule has 1 atom stereocenters. The number of carboxylic acids is 1. The van der Waals surface area contributed by atoms with Crippen molar-refractivity contribution in [1.82, 2.24) is 9.55 Å². The molecule has 1 unspecified atom stereocenters. The van der Waals surface area contributed by atoms with Crippen LogP contribution in [0, 0.1) is 0 Å². The lowest BCUT2D eigenvalue weighted by Crippen LogP contribution is -2.19. The van der Waals surface area contributed by atoms with Gasteiger partial charge in [0, 0.05) is 24.2 Å². The Hall–Kier alpha value is -3.08. The summed E-state index contributed by atoms with van der Waals surface area (Å²) in [7, 11) is 0. The van der Waals surface area contributed by atoms with Crippen LogP contribution in [0.15, 0.2) is 73.2 Å². The van der Waals surface area contributed by atoms with Crippen molar-refractivity contribution in [3.8, 4) is 11.6 Å². The predicted molar refractivity (Wildman–Crippen MR) is 81.0 cm³/mol. The third kappa shape index (κ3) is 2.83. The second-order valence-electron chi connectivity index (χ2n) is 4.66. The summed E-state index contributed by atoms with van der Waals surface area (Å²) in [6.45, 7) is 0. The molecule has 110 valence electrons. The number of hydrogen-bond acceptors (Lipinski definition) is 3. The van der Waals surface area contributed by atoms with E-state index in [-0.39, 0.29) is 0 Å². The van der Waals surface area contributed by atoms with Crippen LogP contribution in [0.1, 0.15) is 11.7 Å². The van der Waals surface area contributed by atoms with E-state index in [1.165, 1.54) is 0 Å². The summed E-state index contributed by atoms with van der Waals surface area (Å²) < 4.78 is 7.51. The van der Waals surface area contributed by atoms with E-state index in [1.807, 2.05) is 30.6 Å². The second kappa shape index (κ2) is 6.13. The Morgan fingerprint density at radius 3 is 2.45 bits per heavy atom. The molecule has 3 rings (SSSR count). The van der Waals surface area contributed by atoms with E-state index in [9.17, 15) is 9.90 Å². The Morgan fingerprint density at radius 2 is 1.77 bits per heavy atom. The molecule has 5 heteroatoms. The van der Waals surface area contributed by atoms with E-state index < -0.39 is 12.1 Å². The monoisotopic (exact) mass is 294 g/mol. The van der Waals surface area contributed by atoms with Gasteiger partial charge in [-0.1, -0.05) is 30.3 Å². The number of ether oxygens (including phenoxy) is 1. The summed E-state index contributed by atoms with van der Waals surface area (Å²) in [4.78, 5) is 15.8. The van der Waals surface area contributed by atoms with E-state index in [0.29, 0.717) is 17.1 Å². The van der Waals surface area contributed by atoms with Gasteiger partial charge in [0.15, 0.2) is 11.6 Å². The van der Waals surface area contributed by atoms with E-state index in [1.54, 1.807) is 47.2 Å². The SMILES string of the molecule is O=C(O)C(Oc1cccnc1-n1cccc1)c1ccccc1. The third-order valence-corrected chi connectivity index (χ3v) is 3.17. The number of aromatic nitrogens is 2. The molecule has 1 aromatic carbocycles. The van der Waals surface area contributed by atoms with Crippen molar-refractivity contribution in [3.05, 3.63) is 78.8 Å². The molecule has 0 amide bonds. The minimum absolute atomic E-state index is 0.412. The number of rotatable bonds is 5. The maximum Gasteiger partial charge on any atom is 0.349 e. The van der Waals surface area contributed by atoms with Crippen LogP contribution in [0.2, 0.25) is 0 Å². The summed E-state index contributed by atoms with van der Waals surface area (Å²) in [5, 5.41) is 9.46. The highest BCUT2D eigenvalue weighted by molar-refractivity contribution is 5.75. The van der Waals surface area contributed by atoms with Crippen molar-refractivity contribution in [3.63, 3.8) is 0 Å². The molecule has 0 bridgehead atoms. The van der Waals surface area contributed by atoms with Crippen molar-refractivity contribution in [2.75, 3.05) is 0 Å². The molecule has 0 radical (unpaired) electrons. The molecule has 0 saturated heterocycles.